The van der Waals surface area contributed by atoms with Crippen LogP contribution in [0.15, 0.2) is 24.5 Å². The van der Waals surface area contributed by atoms with Crippen molar-refractivity contribution in [2.24, 2.45) is 11.8 Å². The molecule has 2 atom stereocenters. The summed E-state index contributed by atoms with van der Waals surface area (Å²) in [6.45, 7) is 2.32. The Kier molecular flexibility index (Phi) is 7.54. The maximum Gasteiger partial charge on any atom is 0.490 e. The number of pyridine rings is 1. The maximum atomic E-state index is 12.7. The first-order valence-electron chi connectivity index (χ1n) is 9.00. The molecule has 2 fully saturated rings. The first-order chi connectivity index (χ1) is 13.6. The highest BCUT2D eigenvalue weighted by molar-refractivity contribution is 5.83. The summed E-state index contributed by atoms with van der Waals surface area (Å²) >= 11 is 0. The molecule has 0 saturated carbocycles. The molecule has 2 N–H and O–H groups in total. The van der Waals surface area contributed by atoms with E-state index in [0.717, 1.165) is 18.5 Å². The van der Waals surface area contributed by atoms with Gasteiger partial charge in [-0.15, -0.1) is 0 Å². The van der Waals surface area contributed by atoms with Crippen molar-refractivity contribution in [2.45, 2.75) is 25.6 Å². The van der Waals surface area contributed by atoms with Crippen LogP contribution in [0.2, 0.25) is 0 Å². The van der Waals surface area contributed by atoms with E-state index in [1.165, 1.54) is 0 Å². The van der Waals surface area contributed by atoms with Crippen LogP contribution in [0.4, 0.5) is 13.2 Å². The third-order valence-corrected chi connectivity index (χ3v) is 4.86. The number of fused-ring (bicyclic) bond motifs is 1. The van der Waals surface area contributed by atoms with E-state index in [0.29, 0.717) is 19.6 Å². The minimum atomic E-state index is -5.08. The van der Waals surface area contributed by atoms with E-state index in [9.17, 15) is 22.8 Å². The highest BCUT2D eigenvalue weighted by Crippen LogP contribution is 2.33. The van der Waals surface area contributed by atoms with Crippen molar-refractivity contribution >= 4 is 17.8 Å². The van der Waals surface area contributed by atoms with Crippen molar-refractivity contribution in [3.05, 3.63) is 30.1 Å². The number of hydrogen-bond acceptors (Lipinski definition) is 5. The molecule has 0 aliphatic carbocycles. The van der Waals surface area contributed by atoms with Crippen molar-refractivity contribution in [2.75, 3.05) is 26.2 Å². The van der Waals surface area contributed by atoms with E-state index >= 15 is 0 Å². The molecule has 2 aliphatic heterocycles. The molecule has 29 heavy (non-hydrogen) atoms. The number of aliphatic hydroxyl groups excluding tert-OH is 1. The third kappa shape index (κ3) is 6.14. The second-order valence-electron chi connectivity index (χ2n) is 6.85. The Bertz CT molecular complexity index is 729. The Morgan fingerprint density at radius 3 is 2.52 bits per heavy atom. The predicted octanol–water partition coefficient (Wildman–Crippen LogP) is 0.904. The Balaban J connectivity index is 0.000000370. The number of amides is 2. The number of carbonyl (C=O) groups excluding carboxylic acids is 2. The average Bonchev–Trinajstić information content (AvgIpc) is 3.10. The molecule has 11 heteroatoms. The molecule has 0 spiro atoms. The van der Waals surface area contributed by atoms with Crippen molar-refractivity contribution in [3.63, 3.8) is 0 Å². The van der Waals surface area contributed by atoms with E-state index < -0.39 is 12.1 Å². The summed E-state index contributed by atoms with van der Waals surface area (Å²) in [6.07, 6.45) is -0.503. The number of alkyl halides is 3. The van der Waals surface area contributed by atoms with Crippen LogP contribution in [0, 0.1) is 11.8 Å². The zero-order chi connectivity index (χ0) is 21.6. The highest BCUT2D eigenvalue weighted by atomic mass is 19.4. The third-order valence-electron chi connectivity index (χ3n) is 4.86. The smallest absolute Gasteiger partial charge is 0.475 e. The summed E-state index contributed by atoms with van der Waals surface area (Å²) in [4.78, 5) is 41.1. The van der Waals surface area contributed by atoms with Crippen molar-refractivity contribution < 1.29 is 37.8 Å². The molecule has 1 aromatic rings. The van der Waals surface area contributed by atoms with Gasteiger partial charge in [-0.3, -0.25) is 14.6 Å². The van der Waals surface area contributed by atoms with E-state index in [-0.39, 0.29) is 36.7 Å². The lowest BCUT2D eigenvalue weighted by atomic mass is 9.88. The first kappa shape index (κ1) is 22.6. The van der Waals surface area contributed by atoms with Gasteiger partial charge >= 0.3 is 12.1 Å². The van der Waals surface area contributed by atoms with Crippen LogP contribution in [0.5, 0.6) is 0 Å². The quantitative estimate of drug-likeness (QED) is 0.753. The summed E-state index contributed by atoms with van der Waals surface area (Å²) in [6, 6.07) is 3.84. The summed E-state index contributed by atoms with van der Waals surface area (Å²) in [7, 11) is 0. The van der Waals surface area contributed by atoms with Crippen LogP contribution in [0.25, 0.3) is 0 Å². The van der Waals surface area contributed by atoms with Gasteiger partial charge in [-0.2, -0.15) is 13.2 Å². The number of nitrogens with zero attached hydrogens (tertiary/aromatic N) is 3. The Morgan fingerprint density at radius 2 is 1.97 bits per heavy atom. The van der Waals surface area contributed by atoms with Gasteiger partial charge in [-0.25, -0.2) is 4.79 Å². The number of piperidine rings is 1. The molecule has 0 unspecified atom stereocenters. The number of aliphatic carboxylic acids is 1. The molecule has 2 aliphatic rings. The van der Waals surface area contributed by atoms with Crippen LogP contribution in [-0.2, 0) is 20.9 Å². The number of carbonyl (C=O) groups is 3. The van der Waals surface area contributed by atoms with Crippen LogP contribution in [-0.4, -0.2) is 75.2 Å². The zero-order valence-corrected chi connectivity index (χ0v) is 15.5. The molecule has 2 amide bonds. The summed E-state index contributed by atoms with van der Waals surface area (Å²) < 4.78 is 31.7. The molecule has 3 heterocycles. The molecule has 1 aromatic heterocycles. The molecular formula is C18H22F3N3O5. The monoisotopic (exact) mass is 417 g/mol. The van der Waals surface area contributed by atoms with Gasteiger partial charge in [0.1, 0.15) is 0 Å². The lowest BCUT2D eigenvalue weighted by Gasteiger charge is -2.33. The van der Waals surface area contributed by atoms with Crippen LogP contribution in [0.1, 0.15) is 18.4 Å². The second kappa shape index (κ2) is 9.68. The molecule has 8 nitrogen and oxygen atoms in total. The van der Waals surface area contributed by atoms with Crippen molar-refractivity contribution in [1.29, 1.82) is 0 Å². The number of halogens is 3. The van der Waals surface area contributed by atoms with E-state index in [1.54, 1.807) is 17.3 Å². The maximum absolute atomic E-state index is 12.7. The standard InChI is InChI=1S/C16H21N3O3.C2HF3O2/c20-7-4-15(21)19-10-13-3-6-18(16(22)14(13)11-19)9-12-2-1-5-17-8-12;3-2(4,5)1(6)7/h1-2,5,8,13-14,20H,3-4,6-7,9-11H2;(H,6,7)/t13-,14-;/m1./s1. The van der Waals surface area contributed by atoms with Gasteiger partial charge in [0, 0.05) is 45.0 Å². The number of rotatable bonds is 4. The SMILES string of the molecule is O=C(CCO)N1C[C@H]2CCN(Cc3cccnc3)C(=O)[C@@H]2C1.O=C(O)C(F)(F)F. The van der Waals surface area contributed by atoms with E-state index in [1.807, 2.05) is 17.0 Å². The second-order valence-corrected chi connectivity index (χ2v) is 6.85. The van der Waals surface area contributed by atoms with Crippen LogP contribution in [0.3, 0.4) is 0 Å². The predicted molar refractivity (Wildman–Crippen MR) is 93.2 cm³/mol. The van der Waals surface area contributed by atoms with Gasteiger partial charge in [0.2, 0.25) is 11.8 Å². The van der Waals surface area contributed by atoms with E-state index in [4.69, 9.17) is 15.0 Å². The van der Waals surface area contributed by atoms with Gasteiger partial charge < -0.3 is 20.0 Å². The largest absolute Gasteiger partial charge is 0.490 e. The highest BCUT2D eigenvalue weighted by Gasteiger charge is 2.43. The molecule has 3 rings (SSSR count). The summed E-state index contributed by atoms with van der Waals surface area (Å²) in [5, 5.41) is 16.0. The van der Waals surface area contributed by atoms with Crippen molar-refractivity contribution in [3.8, 4) is 0 Å². The van der Waals surface area contributed by atoms with Crippen molar-refractivity contribution in [1.82, 2.24) is 14.8 Å². The number of hydrogen-bond donors (Lipinski definition) is 2. The van der Waals surface area contributed by atoms with Gasteiger partial charge in [0.25, 0.3) is 0 Å². The van der Waals surface area contributed by atoms with Gasteiger partial charge in [0.05, 0.1) is 12.5 Å². The minimum absolute atomic E-state index is 0.0523. The number of aliphatic hydroxyl groups is 1. The average molecular weight is 417 g/mol. The Morgan fingerprint density at radius 1 is 1.28 bits per heavy atom. The fourth-order valence-corrected chi connectivity index (χ4v) is 3.44. The number of aromatic nitrogens is 1. The van der Waals surface area contributed by atoms with Gasteiger partial charge in [-0.05, 0) is 24.0 Å². The van der Waals surface area contributed by atoms with E-state index in [2.05, 4.69) is 4.98 Å². The molecule has 0 radical (unpaired) electrons. The summed E-state index contributed by atoms with van der Waals surface area (Å²) in [5.74, 6) is -2.50. The Labute approximate surface area is 164 Å². The molecule has 0 bridgehead atoms. The fourth-order valence-electron chi connectivity index (χ4n) is 3.44. The fraction of sp³-hybridized carbons (Fsp3) is 0.556. The Hall–Kier alpha value is -2.69. The number of carboxylic acids is 1. The number of carboxylic acid groups (broad SMARTS) is 1. The minimum Gasteiger partial charge on any atom is -0.475 e. The molecular weight excluding hydrogens is 395 g/mol. The first-order valence-corrected chi connectivity index (χ1v) is 9.00. The van der Waals surface area contributed by atoms with Gasteiger partial charge in [0.15, 0.2) is 0 Å². The topological polar surface area (TPSA) is 111 Å². The molecule has 160 valence electrons. The summed E-state index contributed by atoms with van der Waals surface area (Å²) in [5.41, 5.74) is 1.03. The molecule has 0 aromatic carbocycles. The normalized spacial score (nSPS) is 21.3. The van der Waals surface area contributed by atoms with Crippen LogP contribution >= 0.6 is 0 Å². The zero-order valence-electron chi connectivity index (χ0n) is 15.5. The number of likely N-dealkylation sites (tertiary alicyclic amines) is 2. The van der Waals surface area contributed by atoms with Crippen LogP contribution < -0.4 is 0 Å². The van der Waals surface area contributed by atoms with Gasteiger partial charge in [-0.1, -0.05) is 6.07 Å². The molecule has 2 saturated heterocycles. The lowest BCUT2D eigenvalue weighted by molar-refractivity contribution is -0.192. The lowest BCUT2D eigenvalue weighted by Crippen LogP contribution is -2.44.